The standard InChI is InChI=1S/C17H17FN2O4/c1-3-23-17(22)14-15(12-5-4-11(9-21)8-13(12)18)19-20-7-6-10(2)24-16(14)20/h4-5,8-10H,3,6-7H2,1-2H3/t10-/m1/s1. The van der Waals surface area contributed by atoms with Crippen molar-refractivity contribution in [1.82, 2.24) is 9.78 Å². The second-order valence-electron chi connectivity index (χ2n) is 5.55. The molecule has 0 aliphatic carbocycles. The van der Waals surface area contributed by atoms with Gasteiger partial charge in [-0.05, 0) is 26.0 Å². The maximum absolute atomic E-state index is 14.4. The third-order valence-corrected chi connectivity index (χ3v) is 3.83. The van der Waals surface area contributed by atoms with Crippen molar-refractivity contribution in [3.8, 4) is 17.1 Å². The first-order valence-electron chi connectivity index (χ1n) is 7.74. The predicted octanol–water partition coefficient (Wildman–Crippen LogP) is 2.85. The van der Waals surface area contributed by atoms with Crippen molar-refractivity contribution in [3.05, 3.63) is 35.1 Å². The Bertz CT molecular complexity index is 800. The molecule has 1 aliphatic rings. The number of aldehydes is 1. The molecular weight excluding hydrogens is 315 g/mol. The molecule has 0 spiro atoms. The number of benzene rings is 1. The van der Waals surface area contributed by atoms with E-state index >= 15 is 0 Å². The molecule has 7 heteroatoms. The van der Waals surface area contributed by atoms with E-state index < -0.39 is 11.8 Å². The van der Waals surface area contributed by atoms with Crippen molar-refractivity contribution in [2.75, 3.05) is 6.61 Å². The topological polar surface area (TPSA) is 70.4 Å². The van der Waals surface area contributed by atoms with Gasteiger partial charge in [-0.25, -0.2) is 13.9 Å². The van der Waals surface area contributed by atoms with Gasteiger partial charge in [0, 0.05) is 24.1 Å². The molecule has 126 valence electrons. The van der Waals surface area contributed by atoms with E-state index in [9.17, 15) is 14.0 Å². The van der Waals surface area contributed by atoms with Crippen molar-refractivity contribution in [2.45, 2.75) is 32.9 Å². The van der Waals surface area contributed by atoms with E-state index in [-0.39, 0.29) is 35.1 Å². The molecular formula is C17H17FN2O4. The van der Waals surface area contributed by atoms with Crippen molar-refractivity contribution in [1.29, 1.82) is 0 Å². The average molecular weight is 332 g/mol. The van der Waals surface area contributed by atoms with Gasteiger partial charge < -0.3 is 9.47 Å². The maximum Gasteiger partial charge on any atom is 0.345 e. The number of esters is 1. The summed E-state index contributed by atoms with van der Waals surface area (Å²) in [6.07, 6.45) is 1.22. The summed E-state index contributed by atoms with van der Waals surface area (Å²) in [4.78, 5) is 23.2. The molecule has 1 atom stereocenters. The van der Waals surface area contributed by atoms with Gasteiger partial charge in [0.15, 0.2) is 0 Å². The Morgan fingerprint density at radius 3 is 3.00 bits per heavy atom. The Balaban J connectivity index is 2.17. The first-order valence-corrected chi connectivity index (χ1v) is 7.74. The highest BCUT2D eigenvalue weighted by atomic mass is 19.1. The minimum Gasteiger partial charge on any atom is -0.474 e. The summed E-state index contributed by atoms with van der Waals surface area (Å²) in [5.74, 6) is -0.948. The molecule has 0 saturated heterocycles. The average Bonchev–Trinajstić information content (AvgIpc) is 2.93. The van der Waals surface area contributed by atoms with Gasteiger partial charge in [0.1, 0.15) is 23.4 Å². The molecule has 0 N–H and O–H groups in total. The summed E-state index contributed by atoms with van der Waals surface area (Å²) in [5.41, 5.74) is 0.609. The van der Waals surface area contributed by atoms with E-state index in [0.29, 0.717) is 18.7 Å². The summed E-state index contributed by atoms with van der Waals surface area (Å²) < 4.78 is 26.8. The Kier molecular flexibility index (Phi) is 4.33. The van der Waals surface area contributed by atoms with E-state index in [2.05, 4.69) is 5.10 Å². The number of rotatable bonds is 4. The lowest BCUT2D eigenvalue weighted by atomic mass is 10.0. The molecule has 24 heavy (non-hydrogen) atoms. The van der Waals surface area contributed by atoms with E-state index in [1.807, 2.05) is 6.92 Å². The molecule has 1 aromatic heterocycles. The predicted molar refractivity (Wildman–Crippen MR) is 83.7 cm³/mol. The molecule has 0 amide bonds. The minimum atomic E-state index is -0.631. The molecule has 1 aromatic carbocycles. The SMILES string of the molecule is CCOC(=O)c1c(-c2ccc(C=O)cc2F)nn2c1O[C@H](C)CC2. The van der Waals surface area contributed by atoms with Crippen LogP contribution in [0.2, 0.25) is 0 Å². The van der Waals surface area contributed by atoms with Crippen LogP contribution in [0.5, 0.6) is 5.88 Å². The summed E-state index contributed by atoms with van der Waals surface area (Å²) >= 11 is 0. The van der Waals surface area contributed by atoms with Gasteiger partial charge in [0.2, 0.25) is 5.88 Å². The van der Waals surface area contributed by atoms with Crippen LogP contribution in [0.15, 0.2) is 18.2 Å². The largest absolute Gasteiger partial charge is 0.474 e. The number of halogens is 1. The van der Waals surface area contributed by atoms with Crippen LogP contribution in [0.1, 0.15) is 41.0 Å². The number of carbonyl (C=O) groups excluding carboxylic acids is 2. The lowest BCUT2D eigenvalue weighted by Crippen LogP contribution is -2.24. The van der Waals surface area contributed by atoms with E-state index in [1.54, 1.807) is 11.6 Å². The summed E-state index contributed by atoms with van der Waals surface area (Å²) in [5, 5.41) is 4.34. The zero-order valence-corrected chi connectivity index (χ0v) is 13.4. The normalized spacial score (nSPS) is 16.2. The van der Waals surface area contributed by atoms with Gasteiger partial charge in [-0.1, -0.05) is 6.07 Å². The van der Waals surface area contributed by atoms with Crippen LogP contribution in [0, 0.1) is 5.82 Å². The Hall–Kier alpha value is -2.70. The molecule has 1 aliphatic heterocycles. The summed E-state index contributed by atoms with van der Waals surface area (Å²) in [6.45, 7) is 4.34. The molecule has 2 heterocycles. The van der Waals surface area contributed by atoms with Crippen molar-refractivity contribution in [3.63, 3.8) is 0 Å². The van der Waals surface area contributed by atoms with Gasteiger partial charge >= 0.3 is 5.97 Å². The fourth-order valence-electron chi connectivity index (χ4n) is 2.64. The smallest absolute Gasteiger partial charge is 0.345 e. The summed E-state index contributed by atoms with van der Waals surface area (Å²) in [6, 6.07) is 4.01. The van der Waals surface area contributed by atoms with Crippen molar-refractivity contribution in [2.24, 2.45) is 0 Å². The number of hydrogen-bond donors (Lipinski definition) is 0. The Morgan fingerprint density at radius 2 is 2.33 bits per heavy atom. The number of carbonyl (C=O) groups is 2. The van der Waals surface area contributed by atoms with Crippen molar-refractivity contribution < 1.29 is 23.5 Å². The number of aromatic nitrogens is 2. The highest BCUT2D eigenvalue weighted by molar-refractivity contribution is 5.99. The van der Waals surface area contributed by atoms with Gasteiger partial charge in [-0.3, -0.25) is 4.79 Å². The van der Waals surface area contributed by atoms with Crippen LogP contribution in [0.3, 0.4) is 0 Å². The van der Waals surface area contributed by atoms with Crippen molar-refractivity contribution >= 4 is 12.3 Å². The van der Waals surface area contributed by atoms with Crippen LogP contribution >= 0.6 is 0 Å². The second-order valence-corrected chi connectivity index (χ2v) is 5.55. The molecule has 0 fully saturated rings. The van der Waals surface area contributed by atoms with Gasteiger partial charge in [0.05, 0.1) is 12.7 Å². The highest BCUT2D eigenvalue weighted by Gasteiger charge is 2.31. The molecule has 6 nitrogen and oxygen atoms in total. The van der Waals surface area contributed by atoms with Gasteiger partial charge in [-0.2, -0.15) is 5.10 Å². The lowest BCUT2D eigenvalue weighted by molar-refractivity contribution is 0.0515. The van der Waals surface area contributed by atoms with E-state index in [4.69, 9.17) is 9.47 Å². The molecule has 3 rings (SSSR count). The molecule has 0 bridgehead atoms. The first kappa shape index (κ1) is 16.2. The number of fused-ring (bicyclic) bond motifs is 1. The highest BCUT2D eigenvalue weighted by Crippen LogP contribution is 2.35. The zero-order valence-electron chi connectivity index (χ0n) is 13.4. The van der Waals surface area contributed by atoms with E-state index in [0.717, 1.165) is 12.5 Å². The quantitative estimate of drug-likeness (QED) is 0.636. The summed E-state index contributed by atoms with van der Waals surface area (Å²) in [7, 11) is 0. The molecule has 0 saturated carbocycles. The van der Waals surface area contributed by atoms with Crippen LogP contribution < -0.4 is 4.74 Å². The molecule has 0 radical (unpaired) electrons. The van der Waals surface area contributed by atoms with Crippen LogP contribution in [0.4, 0.5) is 4.39 Å². The van der Waals surface area contributed by atoms with Crippen LogP contribution in [0.25, 0.3) is 11.3 Å². The third kappa shape index (κ3) is 2.77. The Labute approximate surface area is 138 Å². The molecule has 0 unspecified atom stereocenters. The van der Waals surface area contributed by atoms with Crippen LogP contribution in [-0.2, 0) is 11.3 Å². The van der Waals surface area contributed by atoms with E-state index in [1.165, 1.54) is 12.1 Å². The number of hydrogen-bond acceptors (Lipinski definition) is 5. The lowest BCUT2D eigenvalue weighted by Gasteiger charge is -2.21. The number of aryl methyl sites for hydroxylation is 1. The minimum absolute atomic E-state index is 0.0717. The fourth-order valence-corrected chi connectivity index (χ4v) is 2.64. The fraction of sp³-hybridized carbons (Fsp3) is 0.353. The van der Waals surface area contributed by atoms with Crippen LogP contribution in [-0.4, -0.2) is 34.7 Å². The monoisotopic (exact) mass is 332 g/mol. The second kappa shape index (κ2) is 6.43. The number of nitrogens with zero attached hydrogens (tertiary/aromatic N) is 2. The van der Waals surface area contributed by atoms with Gasteiger partial charge in [-0.15, -0.1) is 0 Å². The third-order valence-electron chi connectivity index (χ3n) is 3.83. The first-order chi connectivity index (χ1) is 11.5. The maximum atomic E-state index is 14.4. The number of ether oxygens (including phenoxy) is 2. The molecule has 2 aromatic rings. The Morgan fingerprint density at radius 1 is 1.54 bits per heavy atom. The van der Waals surface area contributed by atoms with Gasteiger partial charge in [0.25, 0.3) is 0 Å². The zero-order chi connectivity index (χ0) is 17.3.